The molecule has 0 spiro atoms. The van der Waals surface area contributed by atoms with Crippen LogP contribution in [0.4, 0.5) is 0 Å². The van der Waals surface area contributed by atoms with Crippen LogP contribution in [0.3, 0.4) is 0 Å². The second-order valence-corrected chi connectivity index (χ2v) is 8.75. The molecule has 1 N–H and O–H groups in total. The zero-order chi connectivity index (χ0) is 25.4. The molecule has 0 aliphatic carbocycles. The number of aromatic carboxylic acids is 1. The molecule has 0 bridgehead atoms. The van der Waals surface area contributed by atoms with Gasteiger partial charge in [-0.3, -0.25) is 0 Å². The van der Waals surface area contributed by atoms with Gasteiger partial charge < -0.3 is 9.94 Å². The van der Waals surface area contributed by atoms with Crippen molar-refractivity contribution in [2.45, 2.75) is 0 Å². The van der Waals surface area contributed by atoms with E-state index < -0.39 is 11.9 Å². The summed E-state index contributed by atoms with van der Waals surface area (Å²) in [6, 6.07) is 38.2. The number of aromatic nitrogens is 1. The molecule has 5 heteroatoms. The molecule has 0 radical (unpaired) electrons. The van der Waals surface area contributed by atoms with Gasteiger partial charge in [0.2, 0.25) is 0 Å². The van der Waals surface area contributed by atoms with Gasteiger partial charge in [0, 0.05) is 10.8 Å². The van der Waals surface area contributed by atoms with E-state index in [1.807, 2.05) is 60.7 Å². The van der Waals surface area contributed by atoms with Crippen LogP contribution in [-0.2, 0) is 0 Å². The fourth-order valence-electron chi connectivity index (χ4n) is 4.62. The molecule has 1 aromatic heterocycles. The van der Waals surface area contributed by atoms with Crippen molar-refractivity contribution in [2.75, 3.05) is 0 Å². The molecule has 1 heterocycles. The topological polar surface area (TPSA) is 68.5 Å². The lowest BCUT2D eigenvalue weighted by Gasteiger charge is -2.09. The van der Waals surface area contributed by atoms with Crippen molar-refractivity contribution in [3.05, 3.63) is 132 Å². The van der Waals surface area contributed by atoms with Crippen LogP contribution in [-0.4, -0.2) is 21.8 Å². The van der Waals surface area contributed by atoms with Crippen LogP contribution in [0.2, 0.25) is 0 Å². The van der Waals surface area contributed by atoms with Gasteiger partial charge in [-0.1, -0.05) is 78.9 Å². The number of carbonyl (C=O) groups is 2. The molecule has 5 nitrogen and oxygen atoms in total. The lowest BCUT2D eigenvalue weighted by molar-refractivity contribution is 0.0501. The minimum absolute atomic E-state index is 0.0247. The Labute approximate surface area is 212 Å². The zero-order valence-corrected chi connectivity index (χ0v) is 19.7. The molecule has 6 rings (SSSR count). The number of nitrogens with zero attached hydrogens (tertiary/aromatic N) is 1. The Morgan fingerprint density at radius 1 is 0.541 bits per heavy atom. The molecule has 178 valence electrons. The molecule has 5 aromatic carbocycles. The number of carboxylic acids is 1. The summed E-state index contributed by atoms with van der Waals surface area (Å²) in [6.45, 7) is 0. The van der Waals surface area contributed by atoms with Crippen LogP contribution in [0.5, 0.6) is 0 Å². The molecule has 0 atom stereocenters. The SMILES string of the molecule is O=C(O)c1cccc(C(=O)On2c3ccc(-c4ccccc4)cc3c3cc(-c4ccccc4)ccc32)c1. The van der Waals surface area contributed by atoms with Gasteiger partial charge in [-0.2, -0.15) is 4.73 Å². The summed E-state index contributed by atoms with van der Waals surface area (Å²) in [5.41, 5.74) is 5.95. The van der Waals surface area contributed by atoms with Crippen molar-refractivity contribution >= 4 is 33.7 Å². The maximum Gasteiger partial charge on any atom is 0.363 e. The normalized spacial score (nSPS) is 11.0. The Balaban J connectivity index is 1.52. The van der Waals surface area contributed by atoms with E-state index in [0.29, 0.717) is 0 Å². The van der Waals surface area contributed by atoms with E-state index in [1.165, 1.54) is 22.9 Å². The van der Waals surface area contributed by atoms with Gasteiger partial charge in [0.05, 0.1) is 22.2 Å². The molecular formula is C32H21NO4. The van der Waals surface area contributed by atoms with Crippen molar-refractivity contribution < 1.29 is 19.5 Å². The smallest absolute Gasteiger partial charge is 0.363 e. The summed E-state index contributed by atoms with van der Waals surface area (Å²) in [5, 5.41) is 11.2. The molecule has 0 aliphatic heterocycles. The highest BCUT2D eigenvalue weighted by molar-refractivity contribution is 6.10. The predicted molar refractivity (Wildman–Crippen MR) is 145 cm³/mol. The Morgan fingerprint density at radius 3 is 1.57 bits per heavy atom. The molecule has 0 amide bonds. The zero-order valence-electron chi connectivity index (χ0n) is 19.7. The van der Waals surface area contributed by atoms with E-state index in [4.69, 9.17) is 4.84 Å². The number of carboxylic acid groups (broad SMARTS) is 1. The number of hydrogen-bond donors (Lipinski definition) is 1. The summed E-state index contributed by atoms with van der Waals surface area (Å²) < 4.78 is 1.53. The van der Waals surface area contributed by atoms with Crippen LogP contribution in [0.1, 0.15) is 20.7 Å². The van der Waals surface area contributed by atoms with Gasteiger partial charge in [-0.05, 0) is 64.7 Å². The highest BCUT2D eigenvalue weighted by Gasteiger charge is 2.18. The molecule has 0 saturated carbocycles. The van der Waals surface area contributed by atoms with Crippen LogP contribution in [0, 0.1) is 0 Å². The van der Waals surface area contributed by atoms with E-state index in [-0.39, 0.29) is 11.1 Å². The largest absolute Gasteiger partial charge is 0.478 e. The molecule has 0 saturated heterocycles. The highest BCUT2D eigenvalue weighted by Crippen LogP contribution is 2.35. The third kappa shape index (κ3) is 4.13. The third-order valence-corrected chi connectivity index (χ3v) is 6.45. The van der Waals surface area contributed by atoms with E-state index >= 15 is 0 Å². The van der Waals surface area contributed by atoms with Crippen molar-refractivity contribution in [3.8, 4) is 22.3 Å². The van der Waals surface area contributed by atoms with Crippen LogP contribution in [0.15, 0.2) is 121 Å². The summed E-state index contributed by atoms with van der Waals surface area (Å²) in [7, 11) is 0. The lowest BCUT2D eigenvalue weighted by Crippen LogP contribution is -2.20. The lowest BCUT2D eigenvalue weighted by atomic mass is 10.0. The van der Waals surface area contributed by atoms with E-state index in [1.54, 1.807) is 6.07 Å². The highest BCUT2D eigenvalue weighted by atomic mass is 16.7. The fourth-order valence-corrected chi connectivity index (χ4v) is 4.62. The van der Waals surface area contributed by atoms with Gasteiger partial charge >= 0.3 is 11.9 Å². The molecular weight excluding hydrogens is 462 g/mol. The second kappa shape index (κ2) is 9.13. The van der Waals surface area contributed by atoms with E-state index in [9.17, 15) is 14.7 Å². The Bertz CT molecular complexity index is 1690. The van der Waals surface area contributed by atoms with Gasteiger partial charge in [-0.15, -0.1) is 0 Å². The summed E-state index contributed by atoms with van der Waals surface area (Å²) >= 11 is 0. The number of benzene rings is 5. The predicted octanol–water partition coefficient (Wildman–Crippen LogP) is 7.10. The second-order valence-electron chi connectivity index (χ2n) is 8.75. The monoisotopic (exact) mass is 483 g/mol. The molecule has 6 aromatic rings. The van der Waals surface area contributed by atoms with Gasteiger partial charge in [0.1, 0.15) is 0 Å². The van der Waals surface area contributed by atoms with E-state index in [2.05, 4.69) is 36.4 Å². The summed E-state index contributed by atoms with van der Waals surface area (Å²) in [6.07, 6.45) is 0. The maximum atomic E-state index is 13.1. The summed E-state index contributed by atoms with van der Waals surface area (Å²) in [5.74, 6) is -1.74. The minimum atomic E-state index is -1.10. The quantitative estimate of drug-likeness (QED) is 0.284. The van der Waals surface area contributed by atoms with Crippen LogP contribution < -0.4 is 4.84 Å². The Hall–Kier alpha value is -5.16. The number of fused-ring (bicyclic) bond motifs is 3. The average Bonchev–Trinajstić information content (AvgIpc) is 3.26. The average molecular weight is 484 g/mol. The van der Waals surface area contributed by atoms with Crippen molar-refractivity contribution in [2.24, 2.45) is 0 Å². The standard InChI is InChI=1S/C32H21NO4/c34-31(35)25-12-7-13-26(18-25)32(36)37-33-29-16-14-23(21-8-3-1-4-9-21)19-27(29)28-20-24(15-17-30(28)33)22-10-5-2-6-11-22/h1-20H,(H,34,35). The number of hydrogen-bond acceptors (Lipinski definition) is 3. The molecule has 0 fully saturated rings. The van der Waals surface area contributed by atoms with Gasteiger partial charge in [-0.25, -0.2) is 9.59 Å². The first kappa shape index (κ1) is 22.3. The van der Waals surface area contributed by atoms with Crippen molar-refractivity contribution in [1.29, 1.82) is 0 Å². The Kier molecular flexibility index (Phi) is 5.51. The van der Waals surface area contributed by atoms with Gasteiger partial charge in [0.15, 0.2) is 0 Å². The van der Waals surface area contributed by atoms with Crippen molar-refractivity contribution in [1.82, 2.24) is 4.73 Å². The number of carbonyl (C=O) groups excluding carboxylic acids is 1. The summed E-state index contributed by atoms with van der Waals surface area (Å²) in [4.78, 5) is 30.4. The van der Waals surface area contributed by atoms with Crippen molar-refractivity contribution in [3.63, 3.8) is 0 Å². The minimum Gasteiger partial charge on any atom is -0.478 e. The fraction of sp³-hybridized carbons (Fsp3) is 0. The van der Waals surface area contributed by atoms with Crippen LogP contribution in [0.25, 0.3) is 44.1 Å². The van der Waals surface area contributed by atoms with Crippen LogP contribution >= 0.6 is 0 Å². The first-order valence-electron chi connectivity index (χ1n) is 11.8. The maximum absolute atomic E-state index is 13.1. The first-order valence-corrected chi connectivity index (χ1v) is 11.8. The first-order chi connectivity index (χ1) is 18.1. The molecule has 37 heavy (non-hydrogen) atoms. The molecule has 0 aliphatic rings. The Morgan fingerprint density at radius 2 is 1.05 bits per heavy atom. The van der Waals surface area contributed by atoms with E-state index in [0.717, 1.165) is 44.1 Å². The van der Waals surface area contributed by atoms with Gasteiger partial charge in [0.25, 0.3) is 0 Å². The molecule has 0 unspecified atom stereocenters. The third-order valence-electron chi connectivity index (χ3n) is 6.45. The number of rotatable bonds is 5.